The number of carbonyl (C=O) groups excluding carboxylic acids is 1. The molecule has 0 saturated carbocycles. The van der Waals surface area contributed by atoms with Gasteiger partial charge < -0.3 is 23.6 Å². The van der Waals surface area contributed by atoms with Crippen LogP contribution in [0.1, 0.15) is 40.2 Å². The molecule has 3 heterocycles. The number of nitrogens with zero attached hydrogens (tertiary/aromatic N) is 4. The van der Waals surface area contributed by atoms with Crippen LogP contribution >= 0.6 is 0 Å². The van der Waals surface area contributed by atoms with E-state index in [-0.39, 0.29) is 5.91 Å². The van der Waals surface area contributed by atoms with Crippen molar-refractivity contribution < 1.29 is 18.6 Å². The Hall–Kier alpha value is -3.29. The molecule has 0 N–H and O–H groups in total. The molecule has 8 nitrogen and oxygen atoms in total. The Morgan fingerprint density at radius 3 is 2.43 bits per heavy atom. The van der Waals surface area contributed by atoms with Crippen LogP contribution in [0.25, 0.3) is 11.3 Å². The summed E-state index contributed by atoms with van der Waals surface area (Å²) in [6.07, 6.45) is 2.15. The van der Waals surface area contributed by atoms with Crippen molar-refractivity contribution in [2.75, 3.05) is 32.1 Å². The molecule has 2 aromatic heterocycles. The van der Waals surface area contributed by atoms with E-state index in [2.05, 4.69) is 15.2 Å². The minimum Gasteiger partial charge on any atom is -0.497 e. The van der Waals surface area contributed by atoms with Crippen molar-refractivity contribution in [2.45, 2.75) is 33.2 Å². The van der Waals surface area contributed by atoms with E-state index >= 15 is 0 Å². The van der Waals surface area contributed by atoms with Crippen LogP contribution in [0.15, 0.2) is 33.3 Å². The molecule has 1 saturated heterocycles. The van der Waals surface area contributed by atoms with E-state index < -0.39 is 0 Å². The van der Waals surface area contributed by atoms with Crippen molar-refractivity contribution in [3.05, 3.63) is 46.8 Å². The normalized spacial score (nSPS) is 13.7. The highest BCUT2D eigenvalue weighted by atomic mass is 16.5. The summed E-state index contributed by atoms with van der Waals surface area (Å²) >= 11 is 0. The summed E-state index contributed by atoms with van der Waals surface area (Å²) < 4.78 is 16.2. The van der Waals surface area contributed by atoms with Crippen LogP contribution in [-0.4, -0.2) is 48.4 Å². The van der Waals surface area contributed by atoms with Crippen molar-refractivity contribution >= 4 is 11.7 Å². The molecule has 0 radical (unpaired) electrons. The molecule has 1 fully saturated rings. The van der Waals surface area contributed by atoms with E-state index in [9.17, 15) is 4.79 Å². The number of benzene rings is 1. The van der Waals surface area contributed by atoms with Crippen LogP contribution < -0.4 is 9.64 Å². The van der Waals surface area contributed by atoms with E-state index in [1.54, 1.807) is 19.1 Å². The quantitative estimate of drug-likeness (QED) is 0.610. The van der Waals surface area contributed by atoms with E-state index in [4.69, 9.17) is 13.8 Å². The topological polar surface area (TPSA) is 84.8 Å². The zero-order valence-electron chi connectivity index (χ0n) is 17.8. The Morgan fingerprint density at radius 1 is 1.13 bits per heavy atom. The number of methoxy groups -OCH3 is 1. The summed E-state index contributed by atoms with van der Waals surface area (Å²) in [6.45, 7) is 5.85. The average molecular weight is 410 g/mol. The standard InChI is InChI=1S/C22H26N4O4/c1-14-18(15(2)29-23-14)13-25(3)22(27)19-20(16-7-9-17(28-4)10-8-16)30-24-21(19)26-11-5-6-12-26/h7-10H,5-6,11-13H2,1-4H3. The van der Waals surface area contributed by atoms with E-state index in [1.807, 2.05) is 38.1 Å². The van der Waals surface area contributed by atoms with Crippen LogP contribution in [0.4, 0.5) is 5.82 Å². The Bertz CT molecular complexity index is 1010. The molecule has 30 heavy (non-hydrogen) atoms. The minimum absolute atomic E-state index is 0.149. The minimum atomic E-state index is -0.149. The van der Waals surface area contributed by atoms with Gasteiger partial charge in [0.25, 0.3) is 5.91 Å². The highest BCUT2D eigenvalue weighted by molar-refractivity contribution is 6.04. The highest BCUT2D eigenvalue weighted by Gasteiger charge is 2.31. The smallest absolute Gasteiger partial charge is 0.261 e. The molecular weight excluding hydrogens is 384 g/mol. The SMILES string of the molecule is COc1ccc(-c2onc(N3CCCC3)c2C(=O)N(C)Cc2c(C)noc2C)cc1. The fourth-order valence-electron chi connectivity index (χ4n) is 3.79. The Morgan fingerprint density at radius 2 is 1.83 bits per heavy atom. The summed E-state index contributed by atoms with van der Waals surface area (Å²) in [5.41, 5.74) is 2.96. The van der Waals surface area contributed by atoms with Gasteiger partial charge in [0.05, 0.1) is 19.3 Å². The second-order valence-electron chi connectivity index (χ2n) is 7.60. The monoisotopic (exact) mass is 410 g/mol. The van der Waals surface area contributed by atoms with Gasteiger partial charge in [-0.2, -0.15) is 0 Å². The predicted molar refractivity (Wildman–Crippen MR) is 112 cm³/mol. The first-order chi connectivity index (χ1) is 14.5. The zero-order chi connectivity index (χ0) is 21.3. The van der Waals surface area contributed by atoms with Gasteiger partial charge >= 0.3 is 0 Å². The lowest BCUT2D eigenvalue weighted by Crippen LogP contribution is -2.29. The fourth-order valence-corrected chi connectivity index (χ4v) is 3.79. The lowest BCUT2D eigenvalue weighted by atomic mass is 10.1. The third-order valence-corrected chi connectivity index (χ3v) is 5.57. The molecule has 4 rings (SSSR count). The Labute approximate surface area is 175 Å². The van der Waals surface area contributed by atoms with Crippen LogP contribution in [0.3, 0.4) is 0 Å². The van der Waals surface area contributed by atoms with E-state index in [0.29, 0.717) is 29.4 Å². The molecule has 8 heteroatoms. The number of carbonyl (C=O) groups is 1. The number of aryl methyl sites for hydroxylation is 2. The van der Waals surface area contributed by atoms with Crippen LogP contribution in [-0.2, 0) is 6.54 Å². The lowest BCUT2D eigenvalue weighted by Gasteiger charge is -2.20. The van der Waals surface area contributed by atoms with Gasteiger partial charge in [-0.1, -0.05) is 10.3 Å². The molecule has 1 amide bonds. The third-order valence-electron chi connectivity index (χ3n) is 5.57. The van der Waals surface area contributed by atoms with E-state index in [0.717, 1.165) is 48.5 Å². The molecule has 0 bridgehead atoms. The van der Waals surface area contributed by atoms with Gasteiger partial charge in [-0.25, -0.2) is 0 Å². The molecule has 0 unspecified atom stereocenters. The summed E-state index contributed by atoms with van der Waals surface area (Å²) in [5, 5.41) is 8.28. The first kappa shape index (κ1) is 20.0. The average Bonchev–Trinajstić information content (AvgIpc) is 3.50. The van der Waals surface area contributed by atoms with Crippen LogP contribution in [0.2, 0.25) is 0 Å². The summed E-state index contributed by atoms with van der Waals surface area (Å²) in [5.74, 6) is 2.38. The number of ether oxygens (including phenoxy) is 1. The largest absolute Gasteiger partial charge is 0.497 e. The summed E-state index contributed by atoms with van der Waals surface area (Å²) in [4.78, 5) is 17.3. The van der Waals surface area contributed by atoms with Crippen molar-refractivity contribution in [3.63, 3.8) is 0 Å². The second-order valence-corrected chi connectivity index (χ2v) is 7.60. The predicted octanol–water partition coefficient (Wildman–Crippen LogP) is 3.83. The van der Waals surface area contributed by atoms with Crippen LogP contribution in [0.5, 0.6) is 5.75 Å². The first-order valence-electron chi connectivity index (χ1n) is 10.1. The van der Waals surface area contributed by atoms with Crippen molar-refractivity contribution in [1.29, 1.82) is 0 Å². The molecule has 1 aliphatic heterocycles. The number of amides is 1. The molecule has 0 aliphatic carbocycles. The van der Waals surface area contributed by atoms with Crippen molar-refractivity contribution in [3.8, 4) is 17.1 Å². The Kier molecular flexibility index (Phi) is 5.48. The van der Waals surface area contributed by atoms with E-state index in [1.165, 1.54) is 0 Å². The maximum Gasteiger partial charge on any atom is 0.261 e. The van der Waals surface area contributed by atoms with Gasteiger partial charge in [0, 0.05) is 31.3 Å². The molecule has 3 aromatic rings. The fraction of sp³-hybridized carbons (Fsp3) is 0.409. The van der Waals surface area contributed by atoms with Crippen molar-refractivity contribution in [1.82, 2.24) is 15.2 Å². The third kappa shape index (κ3) is 3.65. The molecule has 0 spiro atoms. The van der Waals surface area contributed by atoms with Gasteiger partial charge in [-0.15, -0.1) is 0 Å². The van der Waals surface area contributed by atoms with Crippen molar-refractivity contribution in [2.24, 2.45) is 0 Å². The molecule has 1 aliphatic rings. The van der Waals surface area contributed by atoms with Gasteiger partial charge in [0.2, 0.25) is 0 Å². The Balaban J connectivity index is 1.71. The van der Waals surface area contributed by atoms with Gasteiger partial charge in [0.1, 0.15) is 17.1 Å². The lowest BCUT2D eigenvalue weighted by molar-refractivity contribution is 0.0785. The number of rotatable bonds is 6. The number of anilines is 1. The molecular formula is C22H26N4O4. The number of aromatic nitrogens is 2. The second kappa shape index (κ2) is 8.22. The molecule has 158 valence electrons. The number of hydrogen-bond acceptors (Lipinski definition) is 7. The summed E-state index contributed by atoms with van der Waals surface area (Å²) in [7, 11) is 3.39. The molecule has 0 atom stereocenters. The van der Waals surface area contributed by atoms with Gasteiger partial charge in [0.15, 0.2) is 11.6 Å². The van der Waals surface area contributed by atoms with Crippen LogP contribution in [0, 0.1) is 13.8 Å². The highest BCUT2D eigenvalue weighted by Crippen LogP contribution is 2.35. The summed E-state index contributed by atoms with van der Waals surface area (Å²) in [6, 6.07) is 7.43. The first-order valence-corrected chi connectivity index (χ1v) is 10.1. The molecule has 1 aromatic carbocycles. The van der Waals surface area contributed by atoms with Gasteiger partial charge in [-0.3, -0.25) is 4.79 Å². The van der Waals surface area contributed by atoms with Gasteiger partial charge in [-0.05, 0) is 51.0 Å². The maximum absolute atomic E-state index is 13.6. The maximum atomic E-state index is 13.6. The zero-order valence-corrected chi connectivity index (χ0v) is 17.8. The number of hydrogen-bond donors (Lipinski definition) is 0.